The normalized spacial score (nSPS) is 16.6. The second kappa shape index (κ2) is 15.5. The lowest BCUT2D eigenvalue weighted by molar-refractivity contribution is -0.136. The first kappa shape index (κ1) is 33.6. The zero-order chi connectivity index (χ0) is 31.6. The van der Waals surface area contributed by atoms with E-state index in [1.165, 1.54) is 18.2 Å². The van der Waals surface area contributed by atoms with E-state index in [4.69, 9.17) is 9.47 Å². The third-order valence-corrected chi connectivity index (χ3v) is 6.95. The highest BCUT2D eigenvalue weighted by molar-refractivity contribution is 6.24. The van der Waals surface area contributed by atoms with Crippen molar-refractivity contribution in [3.63, 3.8) is 0 Å². The molecule has 2 N–H and O–H groups in total. The fourth-order valence-electron chi connectivity index (χ4n) is 4.85. The van der Waals surface area contributed by atoms with Gasteiger partial charge in [0.1, 0.15) is 24.2 Å². The number of hydrogen-bond donors (Lipinski definition) is 2. The summed E-state index contributed by atoms with van der Waals surface area (Å²) in [6, 6.07) is 3.42. The Labute approximate surface area is 251 Å². The molecule has 0 aromatic heterocycles. The maximum Gasteiger partial charge on any atom is 0.266 e. The summed E-state index contributed by atoms with van der Waals surface area (Å²) in [4.78, 5) is 86.7. The largest absolute Gasteiger partial charge is 0.485 e. The summed E-state index contributed by atoms with van der Waals surface area (Å²) in [5.74, 6) is -2.62. The number of ether oxygens (including phenoxy) is 2. The van der Waals surface area contributed by atoms with Crippen molar-refractivity contribution in [2.24, 2.45) is 0 Å². The van der Waals surface area contributed by atoms with Crippen LogP contribution in [0.4, 0.5) is 0 Å². The van der Waals surface area contributed by atoms with Crippen LogP contribution in [0, 0.1) is 0 Å². The highest BCUT2D eigenvalue weighted by Crippen LogP contribution is 2.33. The Kier molecular flexibility index (Phi) is 12.1. The van der Waals surface area contributed by atoms with Crippen molar-refractivity contribution < 1.29 is 43.0 Å². The molecule has 1 atom stereocenters. The second-order valence-corrected chi connectivity index (χ2v) is 11.8. The van der Waals surface area contributed by atoms with Crippen LogP contribution in [-0.2, 0) is 28.7 Å². The number of fused-ring (bicyclic) bond motifs is 1. The number of rotatable bonds is 17. The number of Topliss-reactive ketones (excluding diaryl/α,β-unsaturated/α-hetero) is 2. The molecular formula is C31H41N3O9. The van der Waals surface area contributed by atoms with Crippen LogP contribution in [-0.4, -0.2) is 77.4 Å². The fraction of sp³-hybridized carbons (Fsp3) is 0.581. The number of unbranched alkanes of at least 4 members (excludes halogenated alkanes) is 2. The predicted molar refractivity (Wildman–Crippen MR) is 154 cm³/mol. The van der Waals surface area contributed by atoms with Gasteiger partial charge in [-0.15, -0.1) is 0 Å². The van der Waals surface area contributed by atoms with E-state index in [9.17, 15) is 33.6 Å². The van der Waals surface area contributed by atoms with Crippen LogP contribution < -0.4 is 15.4 Å². The van der Waals surface area contributed by atoms with Crippen molar-refractivity contribution in [3.05, 3.63) is 29.3 Å². The summed E-state index contributed by atoms with van der Waals surface area (Å²) in [6.45, 7) is 6.40. The summed E-state index contributed by atoms with van der Waals surface area (Å²) in [6.07, 6.45) is 3.86. The van der Waals surface area contributed by atoms with E-state index in [1.54, 1.807) is 0 Å². The summed E-state index contributed by atoms with van der Waals surface area (Å²) in [5.41, 5.74) is -0.216. The van der Waals surface area contributed by atoms with Gasteiger partial charge in [0, 0.05) is 50.9 Å². The van der Waals surface area contributed by atoms with Crippen LogP contribution in [0.15, 0.2) is 18.2 Å². The molecule has 1 aromatic rings. The Bertz CT molecular complexity index is 1250. The lowest BCUT2D eigenvalue weighted by atomic mass is 10.0. The average Bonchev–Trinajstić information content (AvgIpc) is 3.19. The van der Waals surface area contributed by atoms with Crippen molar-refractivity contribution in [2.45, 2.75) is 96.6 Å². The first-order valence-electron chi connectivity index (χ1n) is 14.8. The molecule has 234 valence electrons. The van der Waals surface area contributed by atoms with Crippen molar-refractivity contribution in [1.82, 2.24) is 15.5 Å². The van der Waals surface area contributed by atoms with Gasteiger partial charge in [-0.05, 0) is 65.0 Å². The molecule has 2 aliphatic rings. The van der Waals surface area contributed by atoms with Gasteiger partial charge in [-0.2, -0.15) is 0 Å². The Balaban J connectivity index is 1.29. The first-order valence-corrected chi connectivity index (χ1v) is 14.8. The molecule has 0 bridgehead atoms. The van der Waals surface area contributed by atoms with Crippen molar-refractivity contribution in [2.75, 3.05) is 19.8 Å². The molecule has 5 amide bonds. The second-order valence-electron chi connectivity index (χ2n) is 11.8. The van der Waals surface area contributed by atoms with Gasteiger partial charge in [0.25, 0.3) is 11.8 Å². The lowest BCUT2D eigenvalue weighted by Gasteiger charge is -2.27. The fourth-order valence-corrected chi connectivity index (χ4v) is 4.85. The predicted octanol–water partition coefficient (Wildman–Crippen LogP) is 2.66. The van der Waals surface area contributed by atoms with Gasteiger partial charge in [-0.25, -0.2) is 0 Å². The monoisotopic (exact) mass is 599 g/mol. The summed E-state index contributed by atoms with van der Waals surface area (Å²) < 4.78 is 11.2. The average molecular weight is 600 g/mol. The molecule has 0 saturated carbocycles. The van der Waals surface area contributed by atoms with Gasteiger partial charge in [-0.3, -0.25) is 43.8 Å². The molecule has 12 nitrogen and oxygen atoms in total. The van der Waals surface area contributed by atoms with Crippen LogP contribution in [0.1, 0.15) is 106 Å². The van der Waals surface area contributed by atoms with Gasteiger partial charge < -0.3 is 14.8 Å². The van der Waals surface area contributed by atoms with E-state index in [0.29, 0.717) is 38.9 Å². The van der Waals surface area contributed by atoms with E-state index >= 15 is 0 Å². The summed E-state index contributed by atoms with van der Waals surface area (Å²) >= 11 is 0. The number of hydrogen-bond acceptors (Lipinski definition) is 9. The smallest absolute Gasteiger partial charge is 0.266 e. The maximum absolute atomic E-state index is 13.1. The Hall–Kier alpha value is -3.93. The third-order valence-electron chi connectivity index (χ3n) is 6.95. The van der Waals surface area contributed by atoms with Gasteiger partial charge in [0.2, 0.25) is 17.7 Å². The number of carbonyl (C=O) groups excluding carboxylic acids is 7. The van der Waals surface area contributed by atoms with Crippen LogP contribution in [0.5, 0.6) is 5.75 Å². The van der Waals surface area contributed by atoms with E-state index in [0.717, 1.165) is 11.3 Å². The standard InChI is InChI=1S/C31H41N3O9/c1-31(2,3)33-26(38)15-13-20(35)9-4-6-17-42-18-7-5-10-21(36)19-43-24-12-8-11-22-27(24)30(41)34(29(22)40)23-14-16-25(37)32-28(23)39/h8,11-12,23H,4-7,9-10,13-19H2,1-3H3,(H,33,38)(H,32,37,39). The summed E-state index contributed by atoms with van der Waals surface area (Å²) in [7, 11) is 0. The van der Waals surface area contributed by atoms with Crippen LogP contribution >= 0.6 is 0 Å². The molecule has 2 heterocycles. The molecule has 1 fully saturated rings. The lowest BCUT2D eigenvalue weighted by Crippen LogP contribution is -2.54. The van der Waals surface area contributed by atoms with Crippen molar-refractivity contribution in [1.29, 1.82) is 0 Å². The van der Waals surface area contributed by atoms with Crippen molar-refractivity contribution in [3.8, 4) is 5.75 Å². The highest BCUT2D eigenvalue weighted by atomic mass is 16.5. The van der Waals surface area contributed by atoms with Gasteiger partial charge in [0.15, 0.2) is 5.78 Å². The topological polar surface area (TPSA) is 165 Å². The zero-order valence-corrected chi connectivity index (χ0v) is 25.1. The van der Waals surface area contributed by atoms with Gasteiger partial charge in [0.05, 0.1) is 11.1 Å². The van der Waals surface area contributed by atoms with E-state index < -0.39 is 29.7 Å². The summed E-state index contributed by atoms with van der Waals surface area (Å²) in [5, 5.41) is 4.99. The number of ketones is 2. The number of carbonyl (C=O) groups is 7. The van der Waals surface area contributed by atoms with Crippen LogP contribution in [0.25, 0.3) is 0 Å². The Morgan fingerprint density at radius 3 is 2.23 bits per heavy atom. The van der Waals surface area contributed by atoms with Crippen molar-refractivity contribution >= 4 is 41.1 Å². The highest BCUT2D eigenvalue weighted by Gasteiger charge is 2.46. The van der Waals surface area contributed by atoms with Crippen LogP contribution in [0.2, 0.25) is 0 Å². The molecule has 0 radical (unpaired) electrons. The molecular weight excluding hydrogens is 558 g/mol. The third kappa shape index (κ3) is 10.1. The molecule has 43 heavy (non-hydrogen) atoms. The maximum atomic E-state index is 13.1. The molecule has 0 aliphatic carbocycles. The minimum atomic E-state index is -1.08. The number of imide groups is 2. The van der Waals surface area contributed by atoms with Crippen LogP contribution in [0.3, 0.4) is 0 Å². The first-order chi connectivity index (χ1) is 20.4. The molecule has 1 aromatic carbocycles. The minimum Gasteiger partial charge on any atom is -0.485 e. The van der Waals surface area contributed by atoms with E-state index in [-0.39, 0.29) is 78.6 Å². The van der Waals surface area contributed by atoms with E-state index in [1.807, 2.05) is 20.8 Å². The van der Waals surface area contributed by atoms with Gasteiger partial charge in [-0.1, -0.05) is 6.07 Å². The molecule has 2 aliphatic heterocycles. The molecule has 0 spiro atoms. The van der Waals surface area contributed by atoms with E-state index in [2.05, 4.69) is 10.6 Å². The molecule has 1 saturated heterocycles. The quantitative estimate of drug-likeness (QED) is 0.202. The number of nitrogens with one attached hydrogen (secondary N) is 2. The number of benzene rings is 1. The molecule has 1 unspecified atom stereocenters. The minimum absolute atomic E-state index is 0.00568. The molecule has 12 heteroatoms. The number of nitrogens with zero attached hydrogens (tertiary/aromatic N) is 1. The number of amides is 5. The Morgan fingerprint density at radius 2 is 1.58 bits per heavy atom. The number of piperidine rings is 1. The zero-order valence-electron chi connectivity index (χ0n) is 25.1. The SMILES string of the molecule is CC(C)(C)NC(=O)CCC(=O)CCCCOCCCCC(=O)COc1cccc2c1C(=O)N(C1CCC(=O)NC1=O)C2=O. The molecule has 3 rings (SSSR count). The Morgan fingerprint density at radius 1 is 0.907 bits per heavy atom. The van der Waals surface area contributed by atoms with Gasteiger partial charge >= 0.3 is 0 Å².